The lowest BCUT2D eigenvalue weighted by molar-refractivity contribution is 0.0694. The largest absolute Gasteiger partial charge is 0.477 e. The Bertz CT molecular complexity index is 1580. The Morgan fingerprint density at radius 1 is 1.20 bits per heavy atom. The Kier molecular flexibility index (Phi) is 6.86. The number of nitrogens with zero attached hydrogens (tertiary/aromatic N) is 2. The molecule has 3 atom stereocenters. The molecule has 2 saturated carbocycles. The van der Waals surface area contributed by atoms with Crippen LogP contribution in [0.2, 0.25) is 5.02 Å². The standard InChI is InChI=1S/C21H22ClF2N3O11P2/c22-14-15-8(17(28)9(18(29)30)5-27(15)12-4-10(12)23)3-11(24)16(14)26-6-13(21(7-26)1-2-21)25-19(31)38-20(39(32,33)34)40(35,36)37/h3,5,10,12-13,20H,1-2,4,6-7H2,(H,25,31)(H,29,30)(H2,32,33,34)(H2,35,36,37)/t10-,12?,13+/m0/s1. The normalized spacial score (nSPS) is 23.6. The van der Waals surface area contributed by atoms with Gasteiger partial charge in [-0.15, -0.1) is 0 Å². The number of hydrogen-bond donors (Lipinski definition) is 6. The van der Waals surface area contributed by atoms with Gasteiger partial charge in [0.15, 0.2) is 0 Å². The summed E-state index contributed by atoms with van der Waals surface area (Å²) in [4.78, 5) is 75.0. The Hall–Kier alpha value is -2.58. The van der Waals surface area contributed by atoms with Crippen LogP contribution in [0.5, 0.6) is 0 Å². The fourth-order valence-electron chi connectivity index (χ4n) is 5.19. The van der Waals surface area contributed by atoms with E-state index in [1.54, 1.807) is 0 Å². The summed E-state index contributed by atoms with van der Waals surface area (Å²) in [5.41, 5.74) is -5.63. The van der Waals surface area contributed by atoms with Gasteiger partial charge < -0.3 is 44.2 Å². The fraction of sp³-hybridized carbons (Fsp3) is 0.476. The van der Waals surface area contributed by atoms with Crippen LogP contribution < -0.4 is 15.6 Å². The van der Waals surface area contributed by atoms with Crippen molar-refractivity contribution in [2.24, 2.45) is 5.41 Å². The maximum Gasteiger partial charge on any atom is 0.409 e. The molecule has 1 aromatic carbocycles. The number of rotatable bonds is 7. The summed E-state index contributed by atoms with van der Waals surface area (Å²) in [7, 11) is -11.1. The number of anilines is 1. The van der Waals surface area contributed by atoms with E-state index in [0.717, 1.165) is 12.3 Å². The van der Waals surface area contributed by atoms with Crippen LogP contribution in [0.3, 0.4) is 0 Å². The monoisotopic (exact) mass is 627 g/mol. The Morgan fingerprint density at radius 2 is 1.80 bits per heavy atom. The summed E-state index contributed by atoms with van der Waals surface area (Å²) in [5, 5.41) is 11.1. The number of alkyl halides is 1. The number of carboxylic acids is 1. The smallest absolute Gasteiger partial charge is 0.409 e. The first-order valence-electron chi connectivity index (χ1n) is 11.7. The van der Waals surface area contributed by atoms with Crippen molar-refractivity contribution in [1.82, 2.24) is 9.88 Å². The highest BCUT2D eigenvalue weighted by molar-refractivity contribution is 7.70. The van der Waals surface area contributed by atoms with E-state index in [1.165, 1.54) is 9.47 Å². The third-order valence-corrected chi connectivity index (χ3v) is 10.9. The number of carboxylic acid groups (broad SMARTS) is 1. The van der Waals surface area contributed by atoms with Gasteiger partial charge >= 0.3 is 32.8 Å². The van der Waals surface area contributed by atoms with Gasteiger partial charge in [-0.2, -0.15) is 0 Å². The van der Waals surface area contributed by atoms with Gasteiger partial charge in [0, 0.05) is 31.1 Å². The third-order valence-electron chi connectivity index (χ3n) is 7.39. The molecule has 2 aromatic rings. The van der Waals surface area contributed by atoms with Gasteiger partial charge in [-0.05, 0) is 18.9 Å². The first-order valence-corrected chi connectivity index (χ1v) is 15.5. The molecule has 2 aliphatic carbocycles. The number of ether oxygens (including phenoxy) is 1. The first kappa shape index (κ1) is 28.9. The van der Waals surface area contributed by atoms with Crippen LogP contribution >= 0.6 is 26.8 Å². The van der Waals surface area contributed by atoms with Gasteiger partial charge in [-0.3, -0.25) is 13.9 Å². The van der Waals surface area contributed by atoms with Crippen molar-refractivity contribution in [2.75, 3.05) is 18.0 Å². The van der Waals surface area contributed by atoms with E-state index < -0.39 is 73.3 Å². The van der Waals surface area contributed by atoms with E-state index in [1.807, 2.05) is 0 Å². The minimum absolute atomic E-state index is 0.0330. The van der Waals surface area contributed by atoms with Crippen LogP contribution in [-0.2, 0) is 13.9 Å². The lowest BCUT2D eigenvalue weighted by atomic mass is 10.0. The van der Waals surface area contributed by atoms with Gasteiger partial charge in [0.05, 0.1) is 33.7 Å². The number of aromatic nitrogens is 1. The fourth-order valence-corrected chi connectivity index (χ4v) is 7.63. The van der Waals surface area contributed by atoms with Crippen LogP contribution in [0, 0.1) is 11.2 Å². The Balaban J connectivity index is 1.48. The van der Waals surface area contributed by atoms with Crippen molar-refractivity contribution < 1.29 is 56.9 Å². The molecule has 3 aliphatic rings. The van der Waals surface area contributed by atoms with E-state index in [2.05, 4.69) is 10.1 Å². The second-order valence-corrected chi connectivity index (χ2v) is 14.2. The summed E-state index contributed by atoms with van der Waals surface area (Å²) in [6, 6.07) is -0.822. The van der Waals surface area contributed by atoms with Gasteiger partial charge in [0.2, 0.25) is 5.43 Å². The Morgan fingerprint density at radius 3 is 2.30 bits per heavy atom. The van der Waals surface area contributed by atoms with Gasteiger partial charge in [0.1, 0.15) is 17.6 Å². The molecule has 0 bridgehead atoms. The molecule has 2 heterocycles. The van der Waals surface area contributed by atoms with E-state index in [0.29, 0.717) is 12.8 Å². The van der Waals surface area contributed by atoms with Crippen molar-refractivity contribution in [3.05, 3.63) is 38.9 Å². The maximum absolute atomic E-state index is 15.5. The molecule has 1 saturated heterocycles. The van der Waals surface area contributed by atoms with Crippen molar-refractivity contribution >= 4 is 55.4 Å². The molecular weight excluding hydrogens is 606 g/mol. The zero-order chi connectivity index (χ0) is 29.5. The van der Waals surface area contributed by atoms with Crippen molar-refractivity contribution in [1.29, 1.82) is 0 Å². The molecule has 1 aliphatic heterocycles. The zero-order valence-corrected chi connectivity index (χ0v) is 22.7. The number of aromatic carboxylic acids is 1. The van der Waals surface area contributed by atoms with E-state index in [9.17, 15) is 52.6 Å². The van der Waals surface area contributed by atoms with Crippen LogP contribution in [0.1, 0.15) is 35.7 Å². The van der Waals surface area contributed by atoms with Crippen LogP contribution in [0.4, 0.5) is 19.3 Å². The summed E-state index contributed by atoms with van der Waals surface area (Å²) >= 11 is 6.60. The number of carbonyl (C=O) groups is 2. The number of fused-ring (bicyclic) bond motifs is 1. The number of nitrogens with one attached hydrogen (secondary N) is 1. The average molecular weight is 628 g/mol. The number of amides is 1. The van der Waals surface area contributed by atoms with E-state index >= 15 is 4.39 Å². The predicted molar refractivity (Wildman–Crippen MR) is 134 cm³/mol. The average Bonchev–Trinajstić information content (AvgIpc) is 3.71. The summed E-state index contributed by atoms with van der Waals surface area (Å²) in [6.45, 7) is -0.00649. The Labute approximate surface area is 227 Å². The second-order valence-electron chi connectivity index (χ2n) is 10.2. The lowest BCUT2D eigenvalue weighted by Gasteiger charge is -2.24. The molecule has 1 amide bonds. The van der Waals surface area contributed by atoms with Crippen LogP contribution in [0.25, 0.3) is 10.9 Å². The van der Waals surface area contributed by atoms with Crippen molar-refractivity contribution in [3.63, 3.8) is 0 Å². The maximum atomic E-state index is 15.5. The molecule has 0 radical (unpaired) electrons. The molecule has 5 rings (SSSR count). The molecule has 3 fully saturated rings. The molecule has 218 valence electrons. The number of hydrogen-bond acceptors (Lipinski definition) is 7. The quantitative estimate of drug-likeness (QED) is 0.243. The minimum atomic E-state index is -5.55. The highest BCUT2D eigenvalue weighted by atomic mass is 35.5. The van der Waals surface area contributed by atoms with Crippen molar-refractivity contribution in [3.8, 4) is 0 Å². The molecule has 6 N–H and O–H groups in total. The van der Waals surface area contributed by atoms with Crippen LogP contribution in [0.15, 0.2) is 17.1 Å². The SMILES string of the molecule is O=C(N[C@@H]1CN(c2c(F)cc3c(=O)c(C(=O)O)cn(C4C[C@@H]4F)c3c2Cl)CC12CC2)OC(P(=O)(O)O)P(=O)(O)O. The molecule has 1 unspecified atom stereocenters. The molecule has 1 aromatic heterocycles. The number of carbonyl (C=O) groups excluding carboxylic acids is 1. The number of alkyl carbamates (subject to hydrolysis) is 1. The topological polar surface area (TPSA) is 216 Å². The summed E-state index contributed by atoms with van der Waals surface area (Å²) < 4.78 is 58.0. The highest BCUT2D eigenvalue weighted by Crippen LogP contribution is 2.60. The first-order chi connectivity index (χ1) is 18.4. The highest BCUT2D eigenvalue weighted by Gasteiger charge is 2.57. The number of pyridine rings is 1. The summed E-state index contributed by atoms with van der Waals surface area (Å²) in [5.74, 6) is -2.56. The van der Waals surface area contributed by atoms with Gasteiger partial charge in [0.25, 0.3) is 0 Å². The number of benzene rings is 1. The number of halogens is 3. The van der Waals surface area contributed by atoms with Gasteiger partial charge in [-0.25, -0.2) is 18.4 Å². The predicted octanol–water partition coefficient (Wildman–Crippen LogP) is 2.11. The summed E-state index contributed by atoms with van der Waals surface area (Å²) in [6.07, 6.45) is -0.790. The lowest BCUT2D eigenvalue weighted by Crippen LogP contribution is -2.43. The van der Waals surface area contributed by atoms with E-state index in [-0.39, 0.29) is 41.1 Å². The second kappa shape index (κ2) is 9.48. The van der Waals surface area contributed by atoms with Crippen LogP contribution in [-0.4, -0.2) is 72.2 Å². The molecule has 19 heteroatoms. The van der Waals surface area contributed by atoms with E-state index in [4.69, 9.17) is 11.6 Å². The van der Waals surface area contributed by atoms with Gasteiger partial charge in [-0.1, -0.05) is 11.6 Å². The van der Waals surface area contributed by atoms with Crippen molar-refractivity contribution in [2.45, 2.75) is 43.1 Å². The molecule has 40 heavy (non-hydrogen) atoms. The zero-order valence-electron chi connectivity index (χ0n) is 20.1. The third kappa shape index (κ3) is 5.02. The molecular formula is C21H22ClF2N3O11P2. The minimum Gasteiger partial charge on any atom is -0.477 e. The molecule has 14 nitrogen and oxygen atoms in total. The molecule has 1 spiro atoms.